The summed E-state index contributed by atoms with van der Waals surface area (Å²) in [4.78, 5) is 0. The molecular weight excluding hydrogens is 258 g/mol. The lowest BCUT2D eigenvalue weighted by atomic mass is 9.99. The smallest absolute Gasteiger partial charge is 0.164 e. The maximum atomic E-state index is 13.6. The van der Waals surface area contributed by atoms with E-state index in [0.717, 1.165) is 11.6 Å². The van der Waals surface area contributed by atoms with E-state index in [4.69, 9.17) is 11.6 Å². The molecule has 94 valence electrons. The van der Waals surface area contributed by atoms with Crippen molar-refractivity contribution in [2.24, 2.45) is 0 Å². The topological polar surface area (TPSA) is 20.2 Å². The molecule has 2 aromatic rings. The van der Waals surface area contributed by atoms with Crippen LogP contribution in [0.3, 0.4) is 0 Å². The van der Waals surface area contributed by atoms with Gasteiger partial charge in [-0.15, -0.1) is 0 Å². The predicted molar refractivity (Wildman–Crippen MR) is 66.6 cm³/mol. The first-order valence-corrected chi connectivity index (χ1v) is 5.76. The van der Waals surface area contributed by atoms with Crippen LogP contribution in [0.25, 0.3) is 0 Å². The van der Waals surface area contributed by atoms with Crippen molar-refractivity contribution in [3.8, 4) is 0 Å². The highest BCUT2D eigenvalue weighted by atomic mass is 35.5. The normalized spacial score (nSPS) is 12.5. The van der Waals surface area contributed by atoms with Crippen molar-refractivity contribution >= 4 is 11.6 Å². The standard InChI is InChI=1S/C14H11ClF2O/c1-8-5-9(7-10(15)6-8)14(18)11-3-2-4-12(16)13(11)17/h2-7,14,18H,1H3. The molecule has 2 rings (SSSR count). The molecule has 1 nitrogen and oxygen atoms in total. The molecule has 0 saturated carbocycles. The Morgan fingerprint density at radius 1 is 1.17 bits per heavy atom. The fourth-order valence-electron chi connectivity index (χ4n) is 1.83. The van der Waals surface area contributed by atoms with E-state index in [1.807, 2.05) is 6.92 Å². The molecule has 4 heteroatoms. The van der Waals surface area contributed by atoms with Crippen LogP contribution < -0.4 is 0 Å². The molecule has 0 saturated heterocycles. The van der Waals surface area contributed by atoms with Crippen LogP contribution in [0.15, 0.2) is 36.4 Å². The van der Waals surface area contributed by atoms with Crippen LogP contribution in [0.1, 0.15) is 22.8 Å². The van der Waals surface area contributed by atoms with Crippen LogP contribution in [0, 0.1) is 18.6 Å². The van der Waals surface area contributed by atoms with Crippen molar-refractivity contribution in [3.05, 3.63) is 69.7 Å². The minimum atomic E-state index is -1.24. The monoisotopic (exact) mass is 268 g/mol. The lowest BCUT2D eigenvalue weighted by Gasteiger charge is -2.13. The molecular formula is C14H11ClF2O. The van der Waals surface area contributed by atoms with Gasteiger partial charge in [0.25, 0.3) is 0 Å². The summed E-state index contributed by atoms with van der Waals surface area (Å²) in [5.74, 6) is -2.02. The maximum absolute atomic E-state index is 13.6. The summed E-state index contributed by atoms with van der Waals surface area (Å²) in [5.41, 5.74) is 1.18. The Morgan fingerprint density at radius 3 is 2.56 bits per heavy atom. The third-order valence-corrected chi connectivity index (χ3v) is 2.87. The van der Waals surface area contributed by atoms with E-state index < -0.39 is 17.7 Å². The Labute approximate surface area is 109 Å². The van der Waals surface area contributed by atoms with Crippen LogP contribution >= 0.6 is 11.6 Å². The van der Waals surface area contributed by atoms with Gasteiger partial charge in [0.1, 0.15) is 6.10 Å². The number of aliphatic hydroxyl groups is 1. The summed E-state index contributed by atoms with van der Waals surface area (Å²) >= 11 is 5.87. The molecule has 1 atom stereocenters. The number of hydrogen-bond donors (Lipinski definition) is 1. The Bertz CT molecular complexity index is 564. The zero-order valence-corrected chi connectivity index (χ0v) is 10.4. The quantitative estimate of drug-likeness (QED) is 0.873. The average molecular weight is 269 g/mol. The molecule has 0 aromatic heterocycles. The molecule has 0 fully saturated rings. The molecule has 0 aliphatic carbocycles. The van der Waals surface area contributed by atoms with Crippen LogP contribution in [0.4, 0.5) is 8.78 Å². The fraction of sp³-hybridized carbons (Fsp3) is 0.143. The van der Waals surface area contributed by atoms with E-state index in [-0.39, 0.29) is 5.56 Å². The molecule has 1 N–H and O–H groups in total. The number of benzene rings is 2. The highest BCUT2D eigenvalue weighted by molar-refractivity contribution is 6.30. The highest BCUT2D eigenvalue weighted by Gasteiger charge is 2.18. The minimum Gasteiger partial charge on any atom is -0.384 e. The Balaban J connectivity index is 2.47. The van der Waals surface area contributed by atoms with Gasteiger partial charge in [0.2, 0.25) is 0 Å². The zero-order valence-electron chi connectivity index (χ0n) is 9.62. The van der Waals surface area contributed by atoms with Crippen LogP contribution in [0.2, 0.25) is 5.02 Å². The van der Waals surface area contributed by atoms with Crippen molar-refractivity contribution in [2.75, 3.05) is 0 Å². The van der Waals surface area contributed by atoms with Gasteiger partial charge in [-0.25, -0.2) is 8.78 Å². The molecule has 0 heterocycles. The fourth-order valence-corrected chi connectivity index (χ4v) is 2.13. The first kappa shape index (κ1) is 13.0. The number of halogens is 3. The van der Waals surface area contributed by atoms with Crippen molar-refractivity contribution < 1.29 is 13.9 Å². The van der Waals surface area contributed by atoms with Gasteiger partial charge in [0.15, 0.2) is 11.6 Å². The SMILES string of the molecule is Cc1cc(Cl)cc(C(O)c2cccc(F)c2F)c1. The van der Waals surface area contributed by atoms with Gasteiger partial charge >= 0.3 is 0 Å². The molecule has 0 aliphatic rings. The van der Waals surface area contributed by atoms with Gasteiger partial charge in [-0.2, -0.15) is 0 Å². The van der Waals surface area contributed by atoms with Gasteiger partial charge in [0.05, 0.1) is 0 Å². The summed E-state index contributed by atoms with van der Waals surface area (Å²) in [5, 5.41) is 10.5. The first-order valence-electron chi connectivity index (χ1n) is 5.38. The second-order valence-corrected chi connectivity index (χ2v) is 4.54. The molecule has 18 heavy (non-hydrogen) atoms. The molecule has 0 bridgehead atoms. The van der Waals surface area contributed by atoms with Gasteiger partial charge < -0.3 is 5.11 Å². The van der Waals surface area contributed by atoms with Crippen LogP contribution in [0.5, 0.6) is 0 Å². The second kappa shape index (κ2) is 5.04. The van der Waals surface area contributed by atoms with Crippen LogP contribution in [-0.4, -0.2) is 5.11 Å². The van der Waals surface area contributed by atoms with E-state index in [2.05, 4.69) is 0 Å². The van der Waals surface area contributed by atoms with Crippen molar-refractivity contribution in [2.45, 2.75) is 13.0 Å². The molecule has 1 unspecified atom stereocenters. The van der Waals surface area contributed by atoms with E-state index in [9.17, 15) is 13.9 Å². The Hall–Kier alpha value is -1.45. The summed E-state index contributed by atoms with van der Waals surface area (Å²) in [6.07, 6.45) is -1.24. The summed E-state index contributed by atoms with van der Waals surface area (Å²) < 4.78 is 26.7. The molecule has 0 amide bonds. The Kier molecular flexibility index (Phi) is 3.64. The number of aliphatic hydroxyl groups excluding tert-OH is 1. The van der Waals surface area contributed by atoms with Crippen molar-refractivity contribution in [3.63, 3.8) is 0 Å². The third-order valence-electron chi connectivity index (χ3n) is 2.66. The lowest BCUT2D eigenvalue weighted by molar-refractivity contribution is 0.213. The van der Waals surface area contributed by atoms with E-state index in [1.54, 1.807) is 12.1 Å². The second-order valence-electron chi connectivity index (χ2n) is 4.11. The van der Waals surface area contributed by atoms with Gasteiger partial charge in [-0.1, -0.05) is 29.8 Å². The zero-order chi connectivity index (χ0) is 13.3. The van der Waals surface area contributed by atoms with E-state index in [0.29, 0.717) is 10.6 Å². The predicted octanol–water partition coefficient (Wildman–Crippen LogP) is 4.01. The van der Waals surface area contributed by atoms with Crippen molar-refractivity contribution in [1.29, 1.82) is 0 Å². The summed E-state index contributed by atoms with van der Waals surface area (Å²) in [6.45, 7) is 1.81. The van der Waals surface area contributed by atoms with Gasteiger partial charge in [-0.05, 0) is 36.2 Å². The average Bonchev–Trinajstić information content (AvgIpc) is 2.30. The summed E-state index contributed by atoms with van der Waals surface area (Å²) in [6, 6.07) is 8.65. The minimum absolute atomic E-state index is 0.100. The third kappa shape index (κ3) is 2.52. The molecule has 0 aliphatic heterocycles. The number of rotatable bonds is 2. The molecule has 0 spiro atoms. The number of hydrogen-bond acceptors (Lipinski definition) is 1. The van der Waals surface area contributed by atoms with Gasteiger partial charge in [0, 0.05) is 10.6 Å². The summed E-state index contributed by atoms with van der Waals surface area (Å²) in [7, 11) is 0. The largest absolute Gasteiger partial charge is 0.384 e. The van der Waals surface area contributed by atoms with Crippen molar-refractivity contribution in [1.82, 2.24) is 0 Å². The van der Waals surface area contributed by atoms with Gasteiger partial charge in [-0.3, -0.25) is 0 Å². The first-order chi connectivity index (χ1) is 8.49. The Morgan fingerprint density at radius 2 is 1.89 bits per heavy atom. The highest BCUT2D eigenvalue weighted by Crippen LogP contribution is 2.28. The molecule has 0 radical (unpaired) electrons. The van der Waals surface area contributed by atoms with Crippen LogP contribution in [-0.2, 0) is 0 Å². The lowest BCUT2D eigenvalue weighted by Crippen LogP contribution is -2.04. The van der Waals surface area contributed by atoms with E-state index >= 15 is 0 Å². The maximum Gasteiger partial charge on any atom is 0.164 e. The number of aryl methyl sites for hydroxylation is 1. The van der Waals surface area contributed by atoms with E-state index in [1.165, 1.54) is 18.2 Å². The molecule has 2 aromatic carbocycles.